The summed E-state index contributed by atoms with van der Waals surface area (Å²) in [7, 11) is -1.68. The van der Waals surface area contributed by atoms with E-state index in [9.17, 15) is 8.42 Å². The fourth-order valence-corrected chi connectivity index (χ4v) is 2.78. The number of rotatable bonds is 6. The van der Waals surface area contributed by atoms with Gasteiger partial charge in [-0.3, -0.25) is 0 Å². The van der Waals surface area contributed by atoms with E-state index in [1.807, 2.05) is 0 Å². The maximum atomic E-state index is 11.2. The zero-order valence-corrected chi connectivity index (χ0v) is 12.5. The summed E-state index contributed by atoms with van der Waals surface area (Å²) in [5.74, 6) is 0.649. The van der Waals surface area contributed by atoms with E-state index in [4.69, 9.17) is 10.5 Å². The predicted octanol–water partition coefficient (Wildman–Crippen LogP) is 1.02. The van der Waals surface area contributed by atoms with Crippen molar-refractivity contribution in [2.75, 3.05) is 31.0 Å². The highest BCUT2D eigenvalue weighted by Gasteiger charge is 2.21. The topological polar surface area (TPSA) is 93.4 Å². The van der Waals surface area contributed by atoms with Crippen LogP contribution in [0.3, 0.4) is 0 Å². The summed E-state index contributed by atoms with van der Waals surface area (Å²) < 4.78 is 30.1. The molecule has 19 heavy (non-hydrogen) atoms. The Balaban J connectivity index is 2.73. The molecule has 0 amide bonds. The minimum absolute atomic E-state index is 0.423. The fraction of sp³-hybridized carbons (Fsp3) is 0.500. The molecular weight excluding hydrogens is 266 g/mol. The quantitative estimate of drug-likeness (QED) is 0.679. The Kier molecular flexibility index (Phi) is 4.65. The molecule has 6 nitrogen and oxygen atoms in total. The lowest BCUT2D eigenvalue weighted by atomic mass is 10.1. The van der Waals surface area contributed by atoms with E-state index in [1.165, 1.54) is 0 Å². The summed E-state index contributed by atoms with van der Waals surface area (Å²) in [6.45, 7) is 4.02. The first kappa shape index (κ1) is 15.6. The normalized spacial score (nSPS) is 12.2. The largest absolute Gasteiger partial charge is 0.497 e. The number of nitrogen functional groups attached to an aromatic ring is 1. The Morgan fingerprint density at radius 3 is 2.47 bits per heavy atom. The Hall–Kier alpha value is -1.47. The molecule has 108 valence electrons. The van der Waals surface area contributed by atoms with Crippen LogP contribution in [0.2, 0.25) is 0 Å². The van der Waals surface area contributed by atoms with Crippen molar-refractivity contribution >= 4 is 21.4 Å². The molecule has 0 aliphatic carbocycles. The molecule has 0 aliphatic rings. The predicted molar refractivity (Wildman–Crippen MR) is 78.0 cm³/mol. The molecule has 1 aromatic rings. The number of methoxy groups -OCH3 is 1. The molecule has 4 N–H and O–H groups in total. The van der Waals surface area contributed by atoms with Gasteiger partial charge in [0.15, 0.2) is 0 Å². The molecule has 0 saturated heterocycles. The van der Waals surface area contributed by atoms with Crippen molar-refractivity contribution in [3.8, 4) is 5.75 Å². The molecule has 1 aromatic carbocycles. The minimum atomic E-state index is -3.25. The van der Waals surface area contributed by atoms with Gasteiger partial charge in [-0.15, -0.1) is 0 Å². The Morgan fingerprint density at radius 2 is 1.95 bits per heavy atom. The number of nitrogens with one attached hydrogen (secondary N) is 2. The molecule has 0 aromatic heterocycles. The first-order valence-electron chi connectivity index (χ1n) is 5.79. The molecular formula is C12H21N3O3S. The summed E-state index contributed by atoms with van der Waals surface area (Å²) in [5, 5.41) is 3.14. The van der Waals surface area contributed by atoms with E-state index in [1.54, 1.807) is 39.2 Å². The van der Waals surface area contributed by atoms with Crippen molar-refractivity contribution in [2.45, 2.75) is 19.4 Å². The Morgan fingerprint density at radius 1 is 1.32 bits per heavy atom. The van der Waals surface area contributed by atoms with Crippen LogP contribution in [0.25, 0.3) is 0 Å². The third kappa shape index (κ3) is 5.80. The number of hydrogen-bond donors (Lipinski definition) is 3. The molecule has 0 heterocycles. The standard InChI is InChI=1S/C12H21N3O3S/c1-12(2,15-19(4,16)17)8-14-10-5-9(13)6-11(7-10)18-3/h5-7,14-15H,8,13H2,1-4H3. The number of anilines is 2. The first-order valence-corrected chi connectivity index (χ1v) is 7.68. The van der Waals surface area contributed by atoms with Gasteiger partial charge in [0.05, 0.1) is 13.4 Å². The maximum Gasteiger partial charge on any atom is 0.209 e. The highest BCUT2D eigenvalue weighted by Crippen LogP contribution is 2.22. The van der Waals surface area contributed by atoms with Gasteiger partial charge in [-0.2, -0.15) is 0 Å². The van der Waals surface area contributed by atoms with Crippen molar-refractivity contribution in [3.05, 3.63) is 18.2 Å². The van der Waals surface area contributed by atoms with Crippen molar-refractivity contribution in [1.82, 2.24) is 4.72 Å². The zero-order chi connectivity index (χ0) is 14.7. The number of sulfonamides is 1. The molecule has 0 unspecified atom stereocenters. The van der Waals surface area contributed by atoms with Crippen LogP contribution >= 0.6 is 0 Å². The maximum absolute atomic E-state index is 11.2. The van der Waals surface area contributed by atoms with Crippen LogP contribution in [0, 0.1) is 0 Å². The van der Waals surface area contributed by atoms with E-state index >= 15 is 0 Å². The summed E-state index contributed by atoms with van der Waals surface area (Å²) in [4.78, 5) is 0. The van der Waals surface area contributed by atoms with Gasteiger partial charge in [-0.05, 0) is 19.9 Å². The second-order valence-corrected chi connectivity index (χ2v) is 6.85. The molecule has 1 rings (SSSR count). The van der Waals surface area contributed by atoms with Gasteiger partial charge in [0, 0.05) is 35.6 Å². The van der Waals surface area contributed by atoms with Gasteiger partial charge < -0.3 is 15.8 Å². The smallest absolute Gasteiger partial charge is 0.209 e. The second kappa shape index (κ2) is 5.66. The lowest BCUT2D eigenvalue weighted by Gasteiger charge is -2.26. The highest BCUT2D eigenvalue weighted by molar-refractivity contribution is 7.88. The van der Waals surface area contributed by atoms with Crippen LogP contribution in [0.1, 0.15) is 13.8 Å². The van der Waals surface area contributed by atoms with Crippen molar-refractivity contribution < 1.29 is 13.2 Å². The van der Waals surface area contributed by atoms with Gasteiger partial charge in [-0.1, -0.05) is 0 Å². The monoisotopic (exact) mass is 287 g/mol. The summed E-state index contributed by atoms with van der Waals surface area (Å²) in [6, 6.07) is 5.27. The Labute approximate surface area is 114 Å². The minimum Gasteiger partial charge on any atom is -0.497 e. The fourth-order valence-electron chi connectivity index (χ4n) is 1.70. The van der Waals surface area contributed by atoms with Crippen LogP contribution in [0.5, 0.6) is 5.75 Å². The molecule has 0 aliphatic heterocycles. The molecule has 0 atom stereocenters. The van der Waals surface area contributed by atoms with Crippen molar-refractivity contribution in [3.63, 3.8) is 0 Å². The first-order chi connectivity index (χ1) is 8.61. The van der Waals surface area contributed by atoms with Gasteiger partial charge in [0.1, 0.15) is 5.75 Å². The van der Waals surface area contributed by atoms with Crippen LogP contribution in [-0.4, -0.2) is 33.9 Å². The number of benzene rings is 1. The van der Waals surface area contributed by atoms with Gasteiger partial charge in [0.25, 0.3) is 0 Å². The Bertz CT molecular complexity index is 541. The average Bonchev–Trinajstić information content (AvgIpc) is 2.22. The molecule has 0 fully saturated rings. The third-order valence-electron chi connectivity index (χ3n) is 2.36. The summed E-state index contributed by atoms with van der Waals surface area (Å²) >= 11 is 0. The molecule has 0 radical (unpaired) electrons. The molecule has 0 saturated carbocycles. The van der Waals surface area contributed by atoms with Gasteiger partial charge >= 0.3 is 0 Å². The van der Waals surface area contributed by atoms with E-state index in [-0.39, 0.29) is 0 Å². The van der Waals surface area contributed by atoms with Crippen molar-refractivity contribution in [1.29, 1.82) is 0 Å². The number of ether oxygens (including phenoxy) is 1. The third-order valence-corrected chi connectivity index (χ3v) is 3.28. The van der Waals surface area contributed by atoms with Crippen LogP contribution in [0.4, 0.5) is 11.4 Å². The molecule has 0 spiro atoms. The lowest BCUT2D eigenvalue weighted by molar-refractivity contribution is 0.415. The summed E-state index contributed by atoms with van der Waals surface area (Å²) in [6.07, 6.45) is 1.14. The summed E-state index contributed by atoms with van der Waals surface area (Å²) in [5.41, 5.74) is 6.50. The lowest BCUT2D eigenvalue weighted by Crippen LogP contribution is -2.47. The van der Waals surface area contributed by atoms with Gasteiger partial charge in [0.2, 0.25) is 10.0 Å². The number of hydrogen-bond acceptors (Lipinski definition) is 5. The van der Waals surface area contributed by atoms with E-state index < -0.39 is 15.6 Å². The SMILES string of the molecule is COc1cc(N)cc(NCC(C)(C)NS(C)(=O)=O)c1. The van der Waals surface area contributed by atoms with E-state index in [2.05, 4.69) is 10.0 Å². The van der Waals surface area contributed by atoms with E-state index in [0.29, 0.717) is 18.0 Å². The molecule has 0 bridgehead atoms. The van der Waals surface area contributed by atoms with Gasteiger partial charge in [-0.25, -0.2) is 13.1 Å². The highest BCUT2D eigenvalue weighted by atomic mass is 32.2. The van der Waals surface area contributed by atoms with Crippen LogP contribution in [0.15, 0.2) is 18.2 Å². The second-order valence-electron chi connectivity index (χ2n) is 5.11. The van der Waals surface area contributed by atoms with Crippen LogP contribution < -0.4 is 20.5 Å². The average molecular weight is 287 g/mol. The van der Waals surface area contributed by atoms with Crippen LogP contribution in [-0.2, 0) is 10.0 Å². The van der Waals surface area contributed by atoms with Crippen molar-refractivity contribution in [2.24, 2.45) is 0 Å². The number of nitrogens with two attached hydrogens (primary N) is 1. The van der Waals surface area contributed by atoms with E-state index in [0.717, 1.165) is 11.9 Å². The zero-order valence-electron chi connectivity index (χ0n) is 11.6. The molecule has 7 heteroatoms.